The van der Waals surface area contributed by atoms with Crippen molar-refractivity contribution in [3.8, 4) is 5.75 Å². The van der Waals surface area contributed by atoms with Gasteiger partial charge in [0.1, 0.15) is 11.8 Å². The lowest BCUT2D eigenvalue weighted by Crippen LogP contribution is -2.33. The second kappa shape index (κ2) is 8.95. The largest absolute Gasteiger partial charge is 0.494 e. The highest BCUT2D eigenvalue weighted by molar-refractivity contribution is 6.35. The number of halogens is 2. The molecule has 1 aliphatic rings. The molecule has 1 aliphatic heterocycles. The average Bonchev–Trinajstić information content (AvgIpc) is 2.95. The van der Waals surface area contributed by atoms with Crippen LogP contribution in [0, 0.1) is 0 Å². The number of carbonyl (C=O) groups is 2. The molecule has 3 N–H and O–H groups in total. The average molecular weight is 421 g/mol. The minimum absolute atomic E-state index is 0.0828. The van der Waals surface area contributed by atoms with Crippen molar-refractivity contribution < 1.29 is 14.3 Å². The van der Waals surface area contributed by atoms with Gasteiger partial charge in [-0.25, -0.2) is 4.99 Å². The molecule has 0 fully saturated rings. The Labute approximate surface area is 172 Å². The monoisotopic (exact) mass is 420 g/mol. The molecule has 0 saturated carbocycles. The number of guanidine groups is 1. The van der Waals surface area contributed by atoms with E-state index in [9.17, 15) is 9.59 Å². The Morgan fingerprint density at radius 1 is 1.14 bits per heavy atom. The van der Waals surface area contributed by atoms with Crippen molar-refractivity contribution in [3.63, 3.8) is 0 Å². The van der Waals surface area contributed by atoms with E-state index in [4.69, 9.17) is 27.9 Å². The van der Waals surface area contributed by atoms with Crippen molar-refractivity contribution in [1.29, 1.82) is 0 Å². The molecule has 0 saturated heterocycles. The molecule has 1 heterocycles. The topological polar surface area (TPSA) is 91.8 Å². The first-order valence-corrected chi connectivity index (χ1v) is 9.33. The highest BCUT2D eigenvalue weighted by Crippen LogP contribution is 2.23. The summed E-state index contributed by atoms with van der Waals surface area (Å²) in [5.41, 5.74) is 1.19. The summed E-state index contributed by atoms with van der Waals surface area (Å²) in [4.78, 5) is 28.6. The Morgan fingerprint density at radius 3 is 2.46 bits per heavy atom. The molecule has 0 unspecified atom stereocenters. The van der Waals surface area contributed by atoms with Crippen LogP contribution in [0.2, 0.25) is 10.0 Å². The first-order chi connectivity index (χ1) is 13.4. The van der Waals surface area contributed by atoms with Crippen molar-refractivity contribution in [1.82, 2.24) is 5.32 Å². The SMILES string of the molecule is CCOc1ccc(NC(=O)C[C@H]2N=C(Nc3cc(Cl)cc(Cl)c3)NC2=O)cc1. The number of benzene rings is 2. The molecule has 2 aromatic carbocycles. The molecule has 0 spiro atoms. The predicted octanol–water partition coefficient (Wildman–Crippen LogP) is 3.69. The summed E-state index contributed by atoms with van der Waals surface area (Å²) in [6.07, 6.45) is -0.0828. The number of nitrogens with zero attached hydrogens (tertiary/aromatic N) is 1. The van der Waals surface area contributed by atoms with Crippen LogP contribution in [0.3, 0.4) is 0 Å². The molecule has 2 aromatic rings. The number of anilines is 2. The van der Waals surface area contributed by atoms with Gasteiger partial charge in [0.15, 0.2) is 0 Å². The van der Waals surface area contributed by atoms with E-state index in [1.54, 1.807) is 42.5 Å². The maximum atomic E-state index is 12.2. The summed E-state index contributed by atoms with van der Waals surface area (Å²) in [5, 5.41) is 9.17. The van der Waals surface area contributed by atoms with E-state index >= 15 is 0 Å². The lowest BCUT2D eigenvalue weighted by Gasteiger charge is -2.08. The minimum atomic E-state index is -0.820. The normalized spacial score (nSPS) is 15.6. The molecule has 2 amide bonds. The number of aliphatic imine (C=N–C) groups is 1. The van der Waals surface area contributed by atoms with Gasteiger partial charge in [-0.3, -0.25) is 14.9 Å². The van der Waals surface area contributed by atoms with Gasteiger partial charge in [-0.2, -0.15) is 0 Å². The number of hydrogen-bond donors (Lipinski definition) is 3. The summed E-state index contributed by atoms with van der Waals surface area (Å²) in [6.45, 7) is 2.46. The summed E-state index contributed by atoms with van der Waals surface area (Å²) in [6, 6.07) is 11.1. The van der Waals surface area contributed by atoms with E-state index in [0.717, 1.165) is 5.75 Å². The smallest absolute Gasteiger partial charge is 0.252 e. The quantitative estimate of drug-likeness (QED) is 0.664. The highest BCUT2D eigenvalue weighted by atomic mass is 35.5. The summed E-state index contributed by atoms with van der Waals surface area (Å²) in [7, 11) is 0. The Bertz CT molecular complexity index is 896. The number of nitrogens with one attached hydrogen (secondary N) is 3. The molecule has 7 nitrogen and oxygen atoms in total. The van der Waals surface area contributed by atoms with Crippen molar-refractivity contribution in [3.05, 3.63) is 52.5 Å². The molecular weight excluding hydrogens is 403 g/mol. The lowest BCUT2D eigenvalue weighted by atomic mass is 10.2. The molecule has 28 heavy (non-hydrogen) atoms. The minimum Gasteiger partial charge on any atom is -0.494 e. The van der Waals surface area contributed by atoms with Crippen LogP contribution in [0.4, 0.5) is 11.4 Å². The molecule has 9 heteroatoms. The third-order valence-corrected chi connectivity index (χ3v) is 4.22. The number of rotatable bonds is 6. The van der Waals surface area contributed by atoms with E-state index in [0.29, 0.717) is 28.0 Å². The van der Waals surface area contributed by atoms with E-state index < -0.39 is 6.04 Å². The third kappa shape index (κ3) is 5.37. The third-order valence-electron chi connectivity index (χ3n) is 3.78. The van der Waals surface area contributed by atoms with Crippen LogP contribution < -0.4 is 20.7 Å². The summed E-state index contributed by atoms with van der Waals surface area (Å²) < 4.78 is 5.36. The Balaban J connectivity index is 1.58. The van der Waals surface area contributed by atoms with Gasteiger partial charge in [0, 0.05) is 21.4 Å². The van der Waals surface area contributed by atoms with E-state index in [1.807, 2.05) is 6.92 Å². The first-order valence-electron chi connectivity index (χ1n) is 8.57. The Hall–Kier alpha value is -2.77. The number of hydrogen-bond acceptors (Lipinski definition) is 5. The molecule has 0 aliphatic carbocycles. The summed E-state index contributed by atoms with van der Waals surface area (Å²) in [5.74, 6) is 0.275. The Kier molecular flexibility index (Phi) is 6.38. The van der Waals surface area contributed by atoms with Gasteiger partial charge < -0.3 is 15.4 Å². The van der Waals surface area contributed by atoms with Gasteiger partial charge >= 0.3 is 0 Å². The zero-order valence-electron chi connectivity index (χ0n) is 15.0. The predicted molar refractivity (Wildman–Crippen MR) is 110 cm³/mol. The number of carbonyl (C=O) groups excluding carboxylic acids is 2. The van der Waals surface area contributed by atoms with Crippen LogP contribution in [-0.4, -0.2) is 30.4 Å². The first kappa shape index (κ1) is 20.0. The molecule has 0 bridgehead atoms. The zero-order valence-corrected chi connectivity index (χ0v) is 16.5. The number of ether oxygens (including phenoxy) is 1. The molecule has 0 radical (unpaired) electrons. The van der Waals surface area contributed by atoms with Crippen molar-refractivity contribution in [2.24, 2.45) is 4.99 Å². The van der Waals surface area contributed by atoms with Gasteiger partial charge in [0.05, 0.1) is 13.0 Å². The zero-order chi connectivity index (χ0) is 20.1. The molecular formula is C19H18Cl2N4O3. The van der Waals surface area contributed by atoms with Gasteiger partial charge in [0.2, 0.25) is 11.9 Å². The van der Waals surface area contributed by atoms with Crippen molar-refractivity contribution >= 4 is 52.4 Å². The van der Waals surface area contributed by atoms with Crippen LogP contribution in [0.5, 0.6) is 5.75 Å². The van der Waals surface area contributed by atoms with Gasteiger partial charge in [-0.05, 0) is 49.4 Å². The van der Waals surface area contributed by atoms with Crippen LogP contribution in [0.15, 0.2) is 47.5 Å². The van der Waals surface area contributed by atoms with Gasteiger partial charge in [-0.1, -0.05) is 23.2 Å². The van der Waals surface area contributed by atoms with E-state index in [-0.39, 0.29) is 24.2 Å². The van der Waals surface area contributed by atoms with Crippen LogP contribution in [-0.2, 0) is 9.59 Å². The fourth-order valence-electron chi connectivity index (χ4n) is 2.60. The summed E-state index contributed by atoms with van der Waals surface area (Å²) >= 11 is 11.9. The number of amides is 2. The fraction of sp³-hybridized carbons (Fsp3) is 0.211. The van der Waals surface area contributed by atoms with E-state index in [1.165, 1.54) is 0 Å². The van der Waals surface area contributed by atoms with Crippen LogP contribution in [0.1, 0.15) is 13.3 Å². The molecule has 3 rings (SSSR count). The lowest BCUT2D eigenvalue weighted by molar-refractivity contribution is -0.123. The molecule has 1 atom stereocenters. The van der Waals surface area contributed by atoms with Crippen LogP contribution >= 0.6 is 23.2 Å². The fourth-order valence-corrected chi connectivity index (χ4v) is 3.13. The molecule has 0 aromatic heterocycles. The second-order valence-corrected chi connectivity index (χ2v) is 6.85. The standard InChI is InChI=1S/C19H18Cl2N4O3/c1-2-28-15-5-3-13(4-6-15)22-17(26)10-16-18(27)25-19(24-16)23-14-8-11(20)7-12(21)9-14/h3-9,16H,2,10H2,1H3,(H,22,26)(H2,23,24,25,27)/t16-/m1/s1. The second-order valence-electron chi connectivity index (χ2n) is 5.98. The maximum Gasteiger partial charge on any atom is 0.252 e. The molecule has 146 valence electrons. The maximum absolute atomic E-state index is 12.2. The highest BCUT2D eigenvalue weighted by Gasteiger charge is 2.28. The van der Waals surface area contributed by atoms with Crippen LogP contribution in [0.25, 0.3) is 0 Å². The van der Waals surface area contributed by atoms with Gasteiger partial charge in [0.25, 0.3) is 5.91 Å². The van der Waals surface area contributed by atoms with Gasteiger partial charge in [-0.15, -0.1) is 0 Å². The van der Waals surface area contributed by atoms with E-state index in [2.05, 4.69) is 20.9 Å². The Morgan fingerprint density at radius 2 is 1.82 bits per heavy atom. The van der Waals surface area contributed by atoms with Crippen molar-refractivity contribution in [2.75, 3.05) is 17.2 Å². The van der Waals surface area contributed by atoms with Crippen molar-refractivity contribution in [2.45, 2.75) is 19.4 Å².